The Morgan fingerprint density at radius 3 is 2.67 bits per heavy atom. The van der Waals surface area contributed by atoms with Crippen LogP contribution in [-0.4, -0.2) is 16.6 Å². The van der Waals surface area contributed by atoms with Crippen LogP contribution in [0, 0.1) is 0 Å². The van der Waals surface area contributed by atoms with Gasteiger partial charge in [-0.1, -0.05) is 38.3 Å². The van der Waals surface area contributed by atoms with Crippen molar-refractivity contribution in [1.29, 1.82) is 0 Å². The lowest BCUT2D eigenvalue weighted by molar-refractivity contribution is 0.209. The number of allylic oxidation sites excluding steroid dienone is 1. The first kappa shape index (κ1) is 11.9. The van der Waals surface area contributed by atoms with Crippen LogP contribution in [-0.2, 0) is 4.43 Å². The van der Waals surface area contributed by atoms with Gasteiger partial charge in [0.15, 0.2) is 0 Å². The molecule has 0 aliphatic rings. The van der Waals surface area contributed by atoms with E-state index >= 15 is 0 Å². The summed E-state index contributed by atoms with van der Waals surface area (Å²) in [6.45, 7) is 4.30. The van der Waals surface area contributed by atoms with Crippen molar-refractivity contribution in [3.8, 4) is 0 Å². The first-order chi connectivity index (χ1) is 5.85. The maximum atomic E-state index is 5.49. The minimum absolute atomic E-state index is 0.499. The Balaban J connectivity index is 3.39. The predicted molar refractivity (Wildman–Crippen MR) is 58.4 cm³/mol. The molecule has 0 aliphatic carbocycles. The van der Waals surface area contributed by atoms with Crippen LogP contribution < -0.4 is 0 Å². The zero-order valence-electron chi connectivity index (χ0n) is 8.68. The van der Waals surface area contributed by atoms with Crippen LogP contribution in [0.4, 0.5) is 0 Å². The maximum absolute atomic E-state index is 5.49. The fourth-order valence-electron chi connectivity index (χ4n) is 1.24. The number of hydrogen-bond donors (Lipinski definition) is 0. The first-order valence-electron chi connectivity index (χ1n) is 4.99. The zero-order chi connectivity index (χ0) is 9.23. The van der Waals surface area contributed by atoms with Gasteiger partial charge in [0.25, 0.3) is 0 Å². The third kappa shape index (κ3) is 6.62. The summed E-state index contributed by atoms with van der Waals surface area (Å²) in [6.07, 6.45) is 11.1. The molecular formula is C10H22OSi. The third-order valence-corrected chi connectivity index (χ3v) is 2.76. The van der Waals surface area contributed by atoms with E-state index in [-0.39, 0.29) is 0 Å². The van der Waals surface area contributed by atoms with Crippen molar-refractivity contribution in [2.24, 2.45) is 0 Å². The Hall–Kier alpha value is -0.0831. The largest absolute Gasteiger partial charge is 0.425 e. The van der Waals surface area contributed by atoms with Crippen LogP contribution in [0.1, 0.15) is 46.0 Å². The van der Waals surface area contributed by atoms with Crippen molar-refractivity contribution in [3.05, 3.63) is 12.2 Å². The van der Waals surface area contributed by atoms with Crippen LogP contribution >= 0.6 is 0 Å². The van der Waals surface area contributed by atoms with Gasteiger partial charge in [-0.2, -0.15) is 0 Å². The fourth-order valence-corrected chi connectivity index (χ4v) is 1.67. The van der Waals surface area contributed by atoms with Crippen LogP contribution in [0.25, 0.3) is 0 Å². The van der Waals surface area contributed by atoms with E-state index in [0.29, 0.717) is 6.10 Å². The van der Waals surface area contributed by atoms with Crippen molar-refractivity contribution < 1.29 is 4.43 Å². The second kappa shape index (κ2) is 9.01. The highest BCUT2D eigenvalue weighted by Gasteiger charge is 2.02. The van der Waals surface area contributed by atoms with Gasteiger partial charge in [-0.25, -0.2) is 0 Å². The van der Waals surface area contributed by atoms with E-state index in [1.165, 1.54) is 25.7 Å². The Bertz CT molecular complexity index is 112. The molecular weight excluding hydrogens is 164 g/mol. The summed E-state index contributed by atoms with van der Waals surface area (Å²) in [6, 6.07) is 0. The molecule has 0 fully saturated rings. The van der Waals surface area contributed by atoms with Gasteiger partial charge in [0.1, 0.15) is 10.5 Å². The van der Waals surface area contributed by atoms with Gasteiger partial charge in [0.05, 0.1) is 0 Å². The van der Waals surface area contributed by atoms with Crippen molar-refractivity contribution in [2.75, 3.05) is 0 Å². The van der Waals surface area contributed by atoms with Gasteiger partial charge < -0.3 is 4.43 Å². The van der Waals surface area contributed by atoms with Crippen LogP contribution in [0.5, 0.6) is 0 Å². The topological polar surface area (TPSA) is 9.23 Å². The Kier molecular flexibility index (Phi) is 8.95. The van der Waals surface area contributed by atoms with Crippen LogP contribution in [0.15, 0.2) is 12.2 Å². The summed E-state index contributed by atoms with van der Waals surface area (Å²) in [5.41, 5.74) is 0. The smallest absolute Gasteiger partial charge is 0.146 e. The summed E-state index contributed by atoms with van der Waals surface area (Å²) in [4.78, 5) is 0. The van der Waals surface area contributed by atoms with Crippen molar-refractivity contribution in [1.82, 2.24) is 0 Å². The van der Waals surface area contributed by atoms with E-state index in [0.717, 1.165) is 16.9 Å². The van der Waals surface area contributed by atoms with Crippen molar-refractivity contribution in [3.63, 3.8) is 0 Å². The predicted octanol–water partition coefficient (Wildman–Crippen LogP) is 2.20. The van der Waals surface area contributed by atoms with E-state index in [2.05, 4.69) is 26.0 Å². The molecule has 1 nitrogen and oxygen atoms in total. The molecule has 1 atom stereocenters. The molecule has 12 heavy (non-hydrogen) atoms. The van der Waals surface area contributed by atoms with Gasteiger partial charge >= 0.3 is 0 Å². The second-order valence-corrected chi connectivity index (χ2v) is 3.63. The average molecular weight is 186 g/mol. The van der Waals surface area contributed by atoms with E-state index in [1.54, 1.807) is 0 Å². The molecule has 0 rings (SSSR count). The van der Waals surface area contributed by atoms with E-state index in [1.807, 2.05) is 0 Å². The highest BCUT2D eigenvalue weighted by atomic mass is 28.2. The minimum Gasteiger partial charge on any atom is -0.425 e. The molecule has 2 heteroatoms. The monoisotopic (exact) mass is 186 g/mol. The third-order valence-electron chi connectivity index (χ3n) is 2.10. The zero-order valence-corrected chi connectivity index (χ0v) is 10.7. The lowest BCUT2D eigenvalue weighted by Crippen LogP contribution is -2.09. The molecule has 0 N–H and O–H groups in total. The number of hydrogen-bond acceptors (Lipinski definition) is 1. The number of unbranched alkanes of at least 4 members (excludes halogenated alkanes) is 2. The van der Waals surface area contributed by atoms with Gasteiger partial charge in [0.2, 0.25) is 0 Å². The SMILES string of the molecule is CC=CCC(CCCCC)O[SiH3]. The lowest BCUT2D eigenvalue weighted by atomic mass is 10.1. The Morgan fingerprint density at radius 1 is 1.42 bits per heavy atom. The molecule has 1 unspecified atom stereocenters. The molecule has 0 radical (unpaired) electrons. The molecule has 0 aliphatic heterocycles. The molecule has 72 valence electrons. The summed E-state index contributed by atoms with van der Waals surface area (Å²) >= 11 is 0. The number of rotatable bonds is 7. The fraction of sp³-hybridized carbons (Fsp3) is 0.800. The van der Waals surface area contributed by atoms with Gasteiger partial charge in [0, 0.05) is 6.10 Å². The molecule has 0 bridgehead atoms. The molecule has 0 aromatic rings. The summed E-state index contributed by atoms with van der Waals surface area (Å²) in [5.74, 6) is 0. The van der Waals surface area contributed by atoms with E-state index in [4.69, 9.17) is 4.43 Å². The van der Waals surface area contributed by atoms with Crippen molar-refractivity contribution >= 4 is 10.5 Å². The molecule has 0 aromatic carbocycles. The van der Waals surface area contributed by atoms with Crippen LogP contribution in [0.3, 0.4) is 0 Å². The summed E-state index contributed by atoms with van der Waals surface area (Å²) in [5, 5.41) is 0. The summed E-state index contributed by atoms with van der Waals surface area (Å²) in [7, 11) is 0.873. The minimum atomic E-state index is 0.499. The molecule has 0 aromatic heterocycles. The van der Waals surface area contributed by atoms with Gasteiger partial charge in [-0.05, 0) is 19.8 Å². The average Bonchev–Trinajstić information content (AvgIpc) is 2.11. The van der Waals surface area contributed by atoms with Gasteiger partial charge in [-0.15, -0.1) is 0 Å². The molecule has 0 amide bonds. The second-order valence-electron chi connectivity index (χ2n) is 3.16. The quantitative estimate of drug-likeness (QED) is 0.336. The molecule has 0 spiro atoms. The molecule has 0 heterocycles. The molecule has 0 saturated heterocycles. The normalized spacial score (nSPS) is 14.2. The standard InChI is InChI=1S/C10H22OSi/c1-3-5-7-9-10(11-12)8-6-4-2/h4,6,10H,3,5,7-9H2,1-2,12H3. The highest BCUT2D eigenvalue weighted by molar-refractivity contribution is 5.98. The summed E-state index contributed by atoms with van der Waals surface area (Å²) < 4.78 is 5.49. The van der Waals surface area contributed by atoms with Crippen molar-refractivity contribution in [2.45, 2.75) is 52.1 Å². The molecule has 0 saturated carbocycles. The van der Waals surface area contributed by atoms with E-state index < -0.39 is 0 Å². The maximum Gasteiger partial charge on any atom is 0.146 e. The lowest BCUT2D eigenvalue weighted by Gasteiger charge is -2.12. The Labute approximate surface area is 79.7 Å². The van der Waals surface area contributed by atoms with Gasteiger partial charge in [-0.3, -0.25) is 0 Å². The highest BCUT2D eigenvalue weighted by Crippen LogP contribution is 2.09. The first-order valence-corrected chi connectivity index (χ1v) is 5.80. The Morgan fingerprint density at radius 2 is 2.17 bits per heavy atom. The van der Waals surface area contributed by atoms with E-state index in [9.17, 15) is 0 Å². The van der Waals surface area contributed by atoms with Crippen LogP contribution in [0.2, 0.25) is 0 Å².